The van der Waals surface area contributed by atoms with Gasteiger partial charge in [-0.3, -0.25) is 0 Å². The molecule has 2 aliphatic heterocycles. The van der Waals surface area contributed by atoms with Crippen LogP contribution in [0.2, 0.25) is 0 Å². The van der Waals surface area contributed by atoms with Gasteiger partial charge in [-0.2, -0.15) is 0 Å². The van der Waals surface area contributed by atoms with Crippen molar-refractivity contribution in [3.63, 3.8) is 0 Å². The first-order valence-corrected chi connectivity index (χ1v) is 6.12. The van der Waals surface area contributed by atoms with Crippen LogP contribution in [0.3, 0.4) is 0 Å². The molecule has 0 spiro atoms. The topological polar surface area (TPSA) is 60.2 Å². The lowest BCUT2D eigenvalue weighted by Gasteiger charge is -2.19. The lowest BCUT2D eigenvalue weighted by molar-refractivity contribution is 0.0871. The Bertz CT molecular complexity index is 341. The van der Waals surface area contributed by atoms with Crippen LogP contribution in [0.1, 0.15) is 56.0 Å². The number of rotatable bonds is 2. The molecule has 2 saturated heterocycles. The van der Waals surface area contributed by atoms with Crippen LogP contribution < -0.4 is 5.32 Å². The molecule has 2 aliphatic rings. The Morgan fingerprint density at radius 3 is 2.75 bits per heavy atom. The van der Waals surface area contributed by atoms with Gasteiger partial charge in [-0.25, -0.2) is 0 Å². The van der Waals surface area contributed by atoms with Gasteiger partial charge in [0.15, 0.2) is 0 Å². The van der Waals surface area contributed by atoms with Crippen molar-refractivity contribution in [3.8, 4) is 0 Å². The largest absolute Gasteiger partial charge is 0.421 e. The first kappa shape index (κ1) is 10.2. The number of piperidine rings is 1. The first-order valence-electron chi connectivity index (χ1n) is 6.12. The highest BCUT2D eigenvalue weighted by molar-refractivity contribution is 4.94. The van der Waals surface area contributed by atoms with Crippen molar-refractivity contribution in [1.29, 1.82) is 0 Å². The second-order valence-electron chi connectivity index (χ2n) is 4.48. The number of ether oxygens (including phenoxy) is 1. The van der Waals surface area contributed by atoms with E-state index in [9.17, 15) is 0 Å². The van der Waals surface area contributed by atoms with Crippen molar-refractivity contribution in [3.05, 3.63) is 11.8 Å². The summed E-state index contributed by atoms with van der Waals surface area (Å²) in [6, 6.07) is 0.247. The fourth-order valence-corrected chi connectivity index (χ4v) is 2.35. The summed E-state index contributed by atoms with van der Waals surface area (Å²) < 4.78 is 11.2. The van der Waals surface area contributed by atoms with Gasteiger partial charge >= 0.3 is 0 Å². The zero-order valence-corrected chi connectivity index (χ0v) is 9.32. The normalized spacial score (nSPS) is 30.8. The van der Waals surface area contributed by atoms with Crippen LogP contribution in [0, 0.1) is 0 Å². The molecule has 16 heavy (non-hydrogen) atoms. The Kier molecular flexibility index (Phi) is 2.88. The van der Waals surface area contributed by atoms with Crippen LogP contribution in [0.5, 0.6) is 0 Å². The van der Waals surface area contributed by atoms with Crippen molar-refractivity contribution < 1.29 is 9.15 Å². The molecule has 1 aromatic rings. The van der Waals surface area contributed by atoms with Crippen LogP contribution in [-0.2, 0) is 4.74 Å². The van der Waals surface area contributed by atoms with E-state index >= 15 is 0 Å². The molecule has 1 aromatic heterocycles. The average molecular weight is 223 g/mol. The lowest BCUT2D eigenvalue weighted by atomic mass is 10.1. The van der Waals surface area contributed by atoms with Crippen LogP contribution in [0.4, 0.5) is 0 Å². The number of hydrogen-bond donors (Lipinski definition) is 1. The molecule has 0 amide bonds. The van der Waals surface area contributed by atoms with Crippen molar-refractivity contribution in [2.24, 2.45) is 0 Å². The van der Waals surface area contributed by atoms with E-state index in [0.29, 0.717) is 5.89 Å². The van der Waals surface area contributed by atoms with E-state index < -0.39 is 0 Å². The highest BCUT2D eigenvalue weighted by Crippen LogP contribution is 2.29. The maximum absolute atomic E-state index is 5.70. The van der Waals surface area contributed by atoms with Gasteiger partial charge in [-0.1, -0.05) is 6.42 Å². The molecule has 0 aliphatic carbocycles. The van der Waals surface area contributed by atoms with Crippen molar-refractivity contribution >= 4 is 0 Å². The molecule has 5 heteroatoms. The summed E-state index contributed by atoms with van der Waals surface area (Å²) in [4.78, 5) is 0. The van der Waals surface area contributed by atoms with E-state index in [1.165, 1.54) is 12.8 Å². The molecule has 2 atom stereocenters. The van der Waals surface area contributed by atoms with Crippen molar-refractivity contribution in [1.82, 2.24) is 15.5 Å². The van der Waals surface area contributed by atoms with E-state index in [2.05, 4.69) is 15.5 Å². The maximum atomic E-state index is 5.70. The van der Waals surface area contributed by atoms with Gasteiger partial charge in [0, 0.05) is 6.61 Å². The number of hydrogen-bond acceptors (Lipinski definition) is 5. The standard InChI is InChI=1S/C11H17N3O2/c1-2-6-12-8(4-1)10-13-14-11(16-10)9-5-3-7-15-9/h8-9,12H,1-7H2/t8-,9+/m0/s1. The van der Waals surface area contributed by atoms with Crippen molar-refractivity contribution in [2.45, 2.75) is 44.2 Å². The fraction of sp³-hybridized carbons (Fsp3) is 0.818. The zero-order valence-electron chi connectivity index (χ0n) is 9.32. The smallest absolute Gasteiger partial charge is 0.245 e. The molecule has 5 nitrogen and oxygen atoms in total. The highest BCUT2D eigenvalue weighted by atomic mass is 16.5. The third-order valence-corrected chi connectivity index (χ3v) is 3.27. The van der Waals surface area contributed by atoms with Crippen LogP contribution >= 0.6 is 0 Å². The summed E-state index contributed by atoms with van der Waals surface area (Å²) in [6.45, 7) is 1.85. The second kappa shape index (κ2) is 4.51. The highest BCUT2D eigenvalue weighted by Gasteiger charge is 2.26. The Balaban J connectivity index is 1.71. The van der Waals surface area contributed by atoms with Gasteiger partial charge in [0.2, 0.25) is 11.8 Å². The van der Waals surface area contributed by atoms with E-state index in [-0.39, 0.29) is 12.1 Å². The summed E-state index contributed by atoms with van der Waals surface area (Å²) in [5.41, 5.74) is 0. The molecule has 88 valence electrons. The number of aromatic nitrogens is 2. The molecule has 0 radical (unpaired) electrons. The van der Waals surface area contributed by atoms with Crippen molar-refractivity contribution in [2.75, 3.05) is 13.2 Å². The summed E-state index contributed by atoms with van der Waals surface area (Å²) in [7, 11) is 0. The zero-order chi connectivity index (χ0) is 10.8. The van der Waals surface area contributed by atoms with E-state index in [4.69, 9.17) is 9.15 Å². The average Bonchev–Trinajstić information content (AvgIpc) is 3.01. The predicted octanol–water partition coefficient (Wildman–Crippen LogP) is 1.74. The van der Waals surface area contributed by atoms with E-state index in [0.717, 1.165) is 38.3 Å². The molecule has 3 rings (SSSR count). The summed E-state index contributed by atoms with van der Waals surface area (Å²) in [5, 5.41) is 11.6. The third kappa shape index (κ3) is 1.97. The predicted molar refractivity (Wildman–Crippen MR) is 56.8 cm³/mol. The van der Waals surface area contributed by atoms with Gasteiger partial charge < -0.3 is 14.5 Å². The van der Waals surface area contributed by atoms with Crippen LogP contribution in [-0.4, -0.2) is 23.3 Å². The molecule has 1 N–H and O–H groups in total. The molecule has 2 fully saturated rings. The Hall–Kier alpha value is -0.940. The number of nitrogens with zero attached hydrogens (tertiary/aromatic N) is 2. The van der Waals surface area contributed by atoms with E-state index in [1.54, 1.807) is 0 Å². The molecule has 0 saturated carbocycles. The minimum Gasteiger partial charge on any atom is -0.421 e. The Labute approximate surface area is 94.6 Å². The van der Waals surface area contributed by atoms with Gasteiger partial charge in [-0.15, -0.1) is 10.2 Å². The third-order valence-electron chi connectivity index (χ3n) is 3.27. The SMILES string of the molecule is C1CC[C@@H](c2nnc([C@H]3CCCO3)o2)NC1. The molecule has 0 aromatic carbocycles. The first-order chi connectivity index (χ1) is 7.93. The van der Waals surface area contributed by atoms with Gasteiger partial charge in [-0.05, 0) is 32.2 Å². The monoisotopic (exact) mass is 223 g/mol. The lowest BCUT2D eigenvalue weighted by Crippen LogP contribution is -2.26. The fourth-order valence-electron chi connectivity index (χ4n) is 2.35. The van der Waals surface area contributed by atoms with Crippen LogP contribution in [0.25, 0.3) is 0 Å². The second-order valence-corrected chi connectivity index (χ2v) is 4.48. The van der Waals surface area contributed by atoms with Crippen LogP contribution in [0.15, 0.2) is 4.42 Å². The van der Waals surface area contributed by atoms with Gasteiger partial charge in [0.1, 0.15) is 6.10 Å². The van der Waals surface area contributed by atoms with E-state index in [1.807, 2.05) is 0 Å². The maximum Gasteiger partial charge on any atom is 0.245 e. The molecular weight excluding hydrogens is 206 g/mol. The quantitative estimate of drug-likeness (QED) is 0.827. The van der Waals surface area contributed by atoms with Gasteiger partial charge in [0.25, 0.3) is 0 Å². The van der Waals surface area contributed by atoms with Gasteiger partial charge in [0.05, 0.1) is 6.04 Å². The minimum absolute atomic E-state index is 0.0323. The summed E-state index contributed by atoms with van der Waals surface area (Å²) in [5.74, 6) is 1.38. The Morgan fingerprint density at radius 1 is 1.06 bits per heavy atom. The Morgan fingerprint density at radius 2 is 2.00 bits per heavy atom. The molecule has 3 heterocycles. The number of nitrogens with one attached hydrogen (secondary N) is 1. The molecular formula is C11H17N3O2. The molecule has 0 bridgehead atoms. The molecule has 0 unspecified atom stereocenters. The summed E-state index contributed by atoms with van der Waals surface area (Å²) in [6.07, 6.45) is 5.68. The summed E-state index contributed by atoms with van der Waals surface area (Å²) >= 11 is 0. The minimum atomic E-state index is 0.0323.